The average Bonchev–Trinajstić information content (AvgIpc) is 2.08. The first kappa shape index (κ1) is 10.5. The summed E-state index contributed by atoms with van der Waals surface area (Å²) in [4.78, 5) is 10.7. The first-order chi connectivity index (χ1) is 6.43. The Balaban J connectivity index is 3.35. The molecule has 0 unspecified atom stereocenters. The first-order valence-corrected chi connectivity index (χ1v) is 4.26. The zero-order chi connectivity index (χ0) is 10.9. The van der Waals surface area contributed by atoms with Crippen molar-refractivity contribution in [3.05, 3.63) is 28.8 Å². The fourth-order valence-electron chi connectivity index (χ4n) is 1.28. The topological polar surface area (TPSA) is 83.5 Å². The SMILES string of the molecule is Cc1cc(C(=O)O)cc([C@H](C)N)c1O. The molecule has 4 nitrogen and oxygen atoms in total. The molecular weight excluding hydrogens is 182 g/mol. The molecule has 0 aliphatic carbocycles. The van der Waals surface area contributed by atoms with Crippen LogP contribution in [0.3, 0.4) is 0 Å². The number of phenolic OH excluding ortho intramolecular Hbond substituents is 1. The average molecular weight is 195 g/mol. The van der Waals surface area contributed by atoms with Crippen molar-refractivity contribution in [3.8, 4) is 5.75 Å². The number of carboxylic acid groups (broad SMARTS) is 1. The first-order valence-electron chi connectivity index (χ1n) is 4.26. The molecule has 76 valence electrons. The van der Waals surface area contributed by atoms with Gasteiger partial charge in [0.1, 0.15) is 5.75 Å². The molecule has 1 rings (SSSR count). The summed E-state index contributed by atoms with van der Waals surface area (Å²) in [6, 6.07) is 2.44. The summed E-state index contributed by atoms with van der Waals surface area (Å²) >= 11 is 0. The molecule has 1 aromatic carbocycles. The van der Waals surface area contributed by atoms with Gasteiger partial charge in [0, 0.05) is 11.6 Å². The Morgan fingerprint density at radius 3 is 2.50 bits per heavy atom. The van der Waals surface area contributed by atoms with Crippen LogP contribution in [0.4, 0.5) is 0 Å². The highest BCUT2D eigenvalue weighted by molar-refractivity contribution is 5.88. The fraction of sp³-hybridized carbons (Fsp3) is 0.300. The number of aryl methyl sites for hydroxylation is 1. The van der Waals surface area contributed by atoms with Crippen molar-refractivity contribution < 1.29 is 15.0 Å². The lowest BCUT2D eigenvalue weighted by atomic mass is 10.0. The number of hydrogen-bond donors (Lipinski definition) is 3. The van der Waals surface area contributed by atoms with Gasteiger partial charge in [-0.3, -0.25) is 0 Å². The third-order valence-corrected chi connectivity index (χ3v) is 2.07. The highest BCUT2D eigenvalue weighted by Crippen LogP contribution is 2.27. The molecule has 0 saturated heterocycles. The molecule has 4 N–H and O–H groups in total. The van der Waals surface area contributed by atoms with Crippen molar-refractivity contribution >= 4 is 5.97 Å². The van der Waals surface area contributed by atoms with Gasteiger partial charge in [-0.1, -0.05) is 0 Å². The van der Waals surface area contributed by atoms with E-state index in [-0.39, 0.29) is 17.4 Å². The summed E-state index contributed by atoms with van der Waals surface area (Å²) in [7, 11) is 0. The monoisotopic (exact) mass is 195 g/mol. The Morgan fingerprint density at radius 2 is 2.07 bits per heavy atom. The number of carbonyl (C=O) groups is 1. The van der Waals surface area contributed by atoms with E-state index in [9.17, 15) is 9.90 Å². The van der Waals surface area contributed by atoms with Gasteiger partial charge >= 0.3 is 5.97 Å². The van der Waals surface area contributed by atoms with Crippen molar-refractivity contribution in [2.24, 2.45) is 5.73 Å². The van der Waals surface area contributed by atoms with Gasteiger partial charge in [0.2, 0.25) is 0 Å². The Labute approximate surface area is 82.0 Å². The van der Waals surface area contributed by atoms with Crippen LogP contribution in [0.15, 0.2) is 12.1 Å². The van der Waals surface area contributed by atoms with Crippen molar-refractivity contribution in [1.29, 1.82) is 0 Å². The van der Waals surface area contributed by atoms with Crippen molar-refractivity contribution in [1.82, 2.24) is 0 Å². The van der Waals surface area contributed by atoms with Crippen LogP contribution in [-0.4, -0.2) is 16.2 Å². The van der Waals surface area contributed by atoms with Crippen LogP contribution in [0.2, 0.25) is 0 Å². The van der Waals surface area contributed by atoms with Crippen LogP contribution < -0.4 is 5.73 Å². The largest absolute Gasteiger partial charge is 0.507 e. The zero-order valence-electron chi connectivity index (χ0n) is 8.11. The van der Waals surface area contributed by atoms with Crippen molar-refractivity contribution in [2.75, 3.05) is 0 Å². The predicted octanol–water partition coefficient (Wildman–Crippen LogP) is 1.42. The number of phenols is 1. The summed E-state index contributed by atoms with van der Waals surface area (Å²) in [5, 5.41) is 18.4. The van der Waals surface area contributed by atoms with Gasteiger partial charge in [-0.2, -0.15) is 0 Å². The van der Waals surface area contributed by atoms with Gasteiger partial charge in [0.25, 0.3) is 0 Å². The molecule has 0 amide bonds. The molecule has 0 aromatic heterocycles. The Hall–Kier alpha value is -1.55. The van der Waals surface area contributed by atoms with Crippen LogP contribution in [0.5, 0.6) is 5.75 Å². The minimum atomic E-state index is -1.02. The third kappa shape index (κ3) is 1.85. The van der Waals surface area contributed by atoms with Crippen LogP contribution in [0.25, 0.3) is 0 Å². The van der Waals surface area contributed by atoms with E-state index in [2.05, 4.69) is 0 Å². The van der Waals surface area contributed by atoms with Crippen LogP contribution in [0, 0.1) is 6.92 Å². The smallest absolute Gasteiger partial charge is 0.335 e. The van der Waals surface area contributed by atoms with Gasteiger partial charge in [0.15, 0.2) is 0 Å². The van der Waals surface area contributed by atoms with E-state index in [1.54, 1.807) is 13.8 Å². The minimum Gasteiger partial charge on any atom is -0.507 e. The molecule has 0 saturated carbocycles. The van der Waals surface area contributed by atoms with Gasteiger partial charge in [-0.15, -0.1) is 0 Å². The predicted molar refractivity (Wildman–Crippen MR) is 52.4 cm³/mol. The van der Waals surface area contributed by atoms with Crippen molar-refractivity contribution in [2.45, 2.75) is 19.9 Å². The van der Waals surface area contributed by atoms with E-state index in [0.29, 0.717) is 11.1 Å². The maximum atomic E-state index is 10.7. The fourth-order valence-corrected chi connectivity index (χ4v) is 1.28. The number of nitrogens with two attached hydrogens (primary N) is 1. The van der Waals surface area contributed by atoms with E-state index in [1.807, 2.05) is 0 Å². The molecule has 0 radical (unpaired) electrons. The third-order valence-electron chi connectivity index (χ3n) is 2.07. The Kier molecular flexibility index (Phi) is 2.76. The molecular formula is C10H13NO3. The molecule has 0 bridgehead atoms. The standard InChI is InChI=1S/C10H13NO3/c1-5-3-7(10(13)14)4-8(6(2)11)9(5)12/h3-4,6,12H,11H2,1-2H3,(H,13,14)/t6-/m0/s1. The molecule has 4 heteroatoms. The Morgan fingerprint density at radius 1 is 1.50 bits per heavy atom. The van der Waals surface area contributed by atoms with E-state index in [1.165, 1.54) is 12.1 Å². The van der Waals surface area contributed by atoms with E-state index < -0.39 is 5.97 Å². The van der Waals surface area contributed by atoms with Crippen LogP contribution in [-0.2, 0) is 0 Å². The summed E-state index contributed by atoms with van der Waals surface area (Å²) in [6.07, 6.45) is 0. The molecule has 1 atom stereocenters. The number of aromatic carboxylic acids is 1. The van der Waals surface area contributed by atoms with E-state index in [4.69, 9.17) is 10.8 Å². The lowest BCUT2D eigenvalue weighted by molar-refractivity contribution is 0.0696. The van der Waals surface area contributed by atoms with Crippen LogP contribution >= 0.6 is 0 Å². The number of hydrogen-bond acceptors (Lipinski definition) is 3. The maximum Gasteiger partial charge on any atom is 0.335 e. The second-order valence-corrected chi connectivity index (χ2v) is 3.32. The van der Waals surface area contributed by atoms with Crippen molar-refractivity contribution in [3.63, 3.8) is 0 Å². The second kappa shape index (κ2) is 3.67. The summed E-state index contributed by atoms with van der Waals surface area (Å²) in [6.45, 7) is 3.34. The Bertz CT molecular complexity index is 372. The van der Waals surface area contributed by atoms with Crippen LogP contribution in [0.1, 0.15) is 34.5 Å². The number of aromatic hydroxyl groups is 1. The minimum absolute atomic E-state index is 0.0741. The molecule has 14 heavy (non-hydrogen) atoms. The van der Waals surface area contributed by atoms with Gasteiger partial charge in [-0.05, 0) is 31.5 Å². The van der Waals surface area contributed by atoms with Gasteiger partial charge in [-0.25, -0.2) is 4.79 Å². The molecule has 0 heterocycles. The maximum absolute atomic E-state index is 10.7. The summed E-state index contributed by atoms with van der Waals surface area (Å²) in [5.41, 5.74) is 6.73. The highest BCUT2D eigenvalue weighted by atomic mass is 16.4. The number of carboxylic acids is 1. The van der Waals surface area contributed by atoms with E-state index >= 15 is 0 Å². The lowest BCUT2D eigenvalue weighted by Gasteiger charge is -2.11. The molecule has 0 aliphatic rings. The number of benzene rings is 1. The zero-order valence-corrected chi connectivity index (χ0v) is 8.11. The lowest BCUT2D eigenvalue weighted by Crippen LogP contribution is -2.08. The molecule has 0 spiro atoms. The molecule has 1 aromatic rings. The quantitative estimate of drug-likeness (QED) is 0.666. The molecule has 0 fully saturated rings. The van der Waals surface area contributed by atoms with E-state index in [0.717, 1.165) is 0 Å². The highest BCUT2D eigenvalue weighted by Gasteiger charge is 2.13. The summed E-state index contributed by atoms with van der Waals surface area (Å²) in [5.74, 6) is -0.944. The summed E-state index contributed by atoms with van der Waals surface area (Å²) < 4.78 is 0. The van der Waals surface area contributed by atoms with Gasteiger partial charge < -0.3 is 15.9 Å². The molecule has 0 aliphatic heterocycles. The number of rotatable bonds is 2. The second-order valence-electron chi connectivity index (χ2n) is 3.32. The van der Waals surface area contributed by atoms with Gasteiger partial charge in [0.05, 0.1) is 5.56 Å². The normalized spacial score (nSPS) is 12.5.